The standard InChI is InChI=1S/C19H31N5O.HI/c1-5-20-19(22-13-18(25)23(3)4)21-12-15(2)24-11-10-16-8-6-7-9-17(16)14-24;/h6-9,15H,5,10-14H2,1-4H3,(H2,20,21,22);1H. The van der Waals surface area contributed by atoms with Gasteiger partial charge in [-0.05, 0) is 31.4 Å². The fraction of sp³-hybridized carbons (Fsp3) is 0.579. The van der Waals surface area contributed by atoms with E-state index in [4.69, 9.17) is 0 Å². The molecule has 6 nitrogen and oxygen atoms in total. The molecule has 1 atom stereocenters. The van der Waals surface area contributed by atoms with Crippen molar-refractivity contribution in [1.29, 1.82) is 0 Å². The summed E-state index contributed by atoms with van der Waals surface area (Å²) in [5.41, 5.74) is 2.90. The first-order valence-corrected chi connectivity index (χ1v) is 9.04. The van der Waals surface area contributed by atoms with Crippen LogP contribution >= 0.6 is 24.0 Å². The van der Waals surface area contributed by atoms with Gasteiger partial charge >= 0.3 is 0 Å². The summed E-state index contributed by atoms with van der Waals surface area (Å²) in [6, 6.07) is 9.07. The third kappa shape index (κ3) is 6.75. The molecular formula is C19H32IN5O. The van der Waals surface area contributed by atoms with Crippen molar-refractivity contribution in [2.75, 3.05) is 40.3 Å². The van der Waals surface area contributed by atoms with Gasteiger partial charge in [0.05, 0.1) is 0 Å². The highest BCUT2D eigenvalue weighted by molar-refractivity contribution is 14.0. The van der Waals surface area contributed by atoms with Gasteiger partial charge in [0, 0.05) is 46.3 Å². The number of aliphatic imine (C=N–C) groups is 1. The molecule has 0 radical (unpaired) electrons. The van der Waals surface area contributed by atoms with Gasteiger partial charge in [-0.15, -0.1) is 24.0 Å². The number of guanidine groups is 1. The Hall–Kier alpha value is -1.35. The lowest BCUT2D eigenvalue weighted by Crippen LogP contribution is -2.47. The second-order valence-corrected chi connectivity index (χ2v) is 6.70. The number of rotatable bonds is 6. The summed E-state index contributed by atoms with van der Waals surface area (Å²) < 4.78 is 0. The lowest BCUT2D eigenvalue weighted by Gasteiger charge is -2.34. The van der Waals surface area contributed by atoms with Crippen LogP contribution in [-0.4, -0.2) is 68.0 Å². The SMILES string of the molecule is CCNC(=NCC(=O)N(C)C)NCC(C)N1CCc2ccccc2C1.I. The van der Waals surface area contributed by atoms with Crippen molar-refractivity contribution < 1.29 is 4.79 Å². The second-order valence-electron chi connectivity index (χ2n) is 6.70. The molecule has 1 unspecified atom stereocenters. The molecular weight excluding hydrogens is 441 g/mol. The summed E-state index contributed by atoms with van der Waals surface area (Å²) in [4.78, 5) is 20.1. The van der Waals surface area contributed by atoms with Crippen molar-refractivity contribution in [3.63, 3.8) is 0 Å². The van der Waals surface area contributed by atoms with Crippen LogP contribution in [0, 0.1) is 0 Å². The summed E-state index contributed by atoms with van der Waals surface area (Å²) in [5.74, 6) is 0.694. The van der Waals surface area contributed by atoms with Gasteiger partial charge in [0.2, 0.25) is 5.91 Å². The van der Waals surface area contributed by atoms with E-state index in [0.717, 1.165) is 32.6 Å². The highest BCUT2D eigenvalue weighted by Crippen LogP contribution is 2.19. The first kappa shape index (κ1) is 22.7. The Morgan fingerprint density at radius 1 is 1.27 bits per heavy atom. The van der Waals surface area contributed by atoms with Gasteiger partial charge < -0.3 is 15.5 Å². The quantitative estimate of drug-likeness (QED) is 0.375. The summed E-state index contributed by atoms with van der Waals surface area (Å²) in [6.07, 6.45) is 1.10. The number of hydrogen-bond acceptors (Lipinski definition) is 3. The molecule has 2 rings (SSSR count). The molecule has 1 heterocycles. The van der Waals surface area contributed by atoms with E-state index < -0.39 is 0 Å². The third-order valence-electron chi connectivity index (χ3n) is 4.56. The van der Waals surface area contributed by atoms with E-state index >= 15 is 0 Å². The molecule has 0 aliphatic carbocycles. The normalized spacial score (nSPS) is 15.5. The Morgan fingerprint density at radius 3 is 2.62 bits per heavy atom. The van der Waals surface area contributed by atoms with Crippen molar-refractivity contribution >= 4 is 35.8 Å². The maximum atomic E-state index is 11.7. The molecule has 0 aromatic heterocycles. The van der Waals surface area contributed by atoms with Crippen LogP contribution in [0.4, 0.5) is 0 Å². The van der Waals surface area contributed by atoms with Crippen LogP contribution in [0.15, 0.2) is 29.3 Å². The average Bonchev–Trinajstić information content (AvgIpc) is 2.62. The number of benzene rings is 1. The number of amides is 1. The van der Waals surface area contributed by atoms with E-state index in [2.05, 4.69) is 51.7 Å². The Labute approximate surface area is 174 Å². The van der Waals surface area contributed by atoms with Crippen molar-refractivity contribution in [2.45, 2.75) is 32.9 Å². The smallest absolute Gasteiger partial charge is 0.243 e. The van der Waals surface area contributed by atoms with Gasteiger partial charge in [0.1, 0.15) is 6.54 Å². The molecule has 0 saturated carbocycles. The monoisotopic (exact) mass is 473 g/mol. The maximum Gasteiger partial charge on any atom is 0.243 e. The van der Waals surface area contributed by atoms with Crippen molar-refractivity contribution in [2.24, 2.45) is 4.99 Å². The molecule has 0 saturated heterocycles. The van der Waals surface area contributed by atoms with Crippen LogP contribution in [0.25, 0.3) is 0 Å². The fourth-order valence-electron chi connectivity index (χ4n) is 2.90. The second kappa shape index (κ2) is 11.4. The van der Waals surface area contributed by atoms with Crippen molar-refractivity contribution in [3.05, 3.63) is 35.4 Å². The van der Waals surface area contributed by atoms with Crippen LogP contribution in [0.5, 0.6) is 0 Å². The minimum absolute atomic E-state index is 0. The lowest BCUT2D eigenvalue weighted by atomic mass is 9.99. The Bertz CT molecular complexity index is 605. The topological polar surface area (TPSA) is 60.0 Å². The zero-order valence-electron chi connectivity index (χ0n) is 16.3. The zero-order chi connectivity index (χ0) is 18.2. The van der Waals surface area contributed by atoms with E-state index in [9.17, 15) is 4.79 Å². The molecule has 7 heteroatoms. The Kier molecular flexibility index (Phi) is 9.93. The number of fused-ring (bicyclic) bond motifs is 1. The fourth-order valence-corrected chi connectivity index (χ4v) is 2.90. The number of nitrogens with zero attached hydrogens (tertiary/aromatic N) is 3. The Balaban J connectivity index is 0.00000338. The van der Waals surface area contributed by atoms with Crippen molar-refractivity contribution in [1.82, 2.24) is 20.4 Å². The van der Waals surface area contributed by atoms with Gasteiger partial charge in [0.25, 0.3) is 0 Å². The average molecular weight is 473 g/mol. The van der Waals surface area contributed by atoms with Gasteiger partial charge in [-0.3, -0.25) is 9.69 Å². The molecule has 2 N–H and O–H groups in total. The predicted octanol–water partition coefficient (Wildman–Crippen LogP) is 1.69. The van der Waals surface area contributed by atoms with E-state index in [1.54, 1.807) is 19.0 Å². The summed E-state index contributed by atoms with van der Waals surface area (Å²) >= 11 is 0. The summed E-state index contributed by atoms with van der Waals surface area (Å²) in [6.45, 7) is 8.05. The highest BCUT2D eigenvalue weighted by Gasteiger charge is 2.20. The van der Waals surface area contributed by atoms with Gasteiger partial charge in [-0.25, -0.2) is 4.99 Å². The maximum absolute atomic E-state index is 11.7. The Morgan fingerprint density at radius 2 is 1.96 bits per heavy atom. The largest absolute Gasteiger partial charge is 0.357 e. The zero-order valence-corrected chi connectivity index (χ0v) is 18.6. The molecule has 146 valence electrons. The number of likely N-dealkylation sites (N-methyl/N-ethyl adjacent to an activating group) is 1. The highest BCUT2D eigenvalue weighted by atomic mass is 127. The van der Waals surface area contributed by atoms with Gasteiger partial charge in [-0.2, -0.15) is 0 Å². The minimum atomic E-state index is -0.00195. The number of hydrogen-bond donors (Lipinski definition) is 2. The van der Waals surface area contributed by atoms with E-state index in [1.165, 1.54) is 11.1 Å². The molecule has 1 aliphatic heterocycles. The summed E-state index contributed by atoms with van der Waals surface area (Å²) in [7, 11) is 3.49. The number of carbonyl (C=O) groups is 1. The molecule has 0 bridgehead atoms. The molecule has 1 amide bonds. The number of nitrogens with one attached hydrogen (secondary N) is 2. The first-order valence-electron chi connectivity index (χ1n) is 9.04. The third-order valence-corrected chi connectivity index (χ3v) is 4.56. The van der Waals surface area contributed by atoms with E-state index in [0.29, 0.717) is 12.0 Å². The minimum Gasteiger partial charge on any atom is -0.357 e. The molecule has 1 aliphatic rings. The lowest BCUT2D eigenvalue weighted by molar-refractivity contribution is -0.127. The summed E-state index contributed by atoms with van der Waals surface area (Å²) in [5, 5.41) is 6.56. The van der Waals surface area contributed by atoms with Crippen molar-refractivity contribution in [3.8, 4) is 0 Å². The molecule has 1 aromatic rings. The van der Waals surface area contributed by atoms with Crippen LogP contribution in [0.3, 0.4) is 0 Å². The van der Waals surface area contributed by atoms with Gasteiger partial charge in [0.15, 0.2) is 5.96 Å². The molecule has 0 spiro atoms. The van der Waals surface area contributed by atoms with Crippen LogP contribution in [-0.2, 0) is 17.8 Å². The van der Waals surface area contributed by atoms with E-state index in [-0.39, 0.29) is 36.4 Å². The number of halogens is 1. The molecule has 1 aromatic carbocycles. The molecule has 26 heavy (non-hydrogen) atoms. The van der Waals surface area contributed by atoms with Crippen LogP contribution in [0.1, 0.15) is 25.0 Å². The molecule has 0 fully saturated rings. The first-order chi connectivity index (χ1) is 12.0. The van der Waals surface area contributed by atoms with Crippen LogP contribution < -0.4 is 10.6 Å². The van der Waals surface area contributed by atoms with E-state index in [1.807, 2.05) is 6.92 Å². The van der Waals surface area contributed by atoms with Crippen LogP contribution in [0.2, 0.25) is 0 Å². The van der Waals surface area contributed by atoms with Gasteiger partial charge in [-0.1, -0.05) is 24.3 Å². The predicted molar refractivity (Wildman–Crippen MR) is 118 cm³/mol. The number of carbonyl (C=O) groups excluding carboxylic acids is 1.